The summed E-state index contributed by atoms with van der Waals surface area (Å²) < 4.78 is 0. The summed E-state index contributed by atoms with van der Waals surface area (Å²) in [6.07, 6.45) is 0. The summed E-state index contributed by atoms with van der Waals surface area (Å²) in [6.45, 7) is 1.43. The smallest absolute Gasteiger partial charge is 0.150 e. The van der Waals surface area contributed by atoms with Crippen LogP contribution in [0.4, 0.5) is 5.69 Å². The van der Waals surface area contributed by atoms with Gasteiger partial charge in [-0.05, 0) is 18.2 Å². The molecule has 0 saturated heterocycles. The number of anilines is 1. The Morgan fingerprint density at radius 1 is 0.929 bits per heavy atom. The lowest BCUT2D eigenvalue weighted by atomic mass is 10.1. The number of nitrogens with one attached hydrogen (secondary N) is 1. The second-order valence-corrected chi connectivity index (χ2v) is 9.00. The van der Waals surface area contributed by atoms with E-state index in [1.54, 1.807) is 11.8 Å². The van der Waals surface area contributed by atoms with Gasteiger partial charge in [0.2, 0.25) is 0 Å². The molecule has 0 aromatic heterocycles. The predicted molar refractivity (Wildman–Crippen MR) is 119 cm³/mol. The average Bonchev–Trinajstić information content (AvgIpc) is 3.28. The van der Waals surface area contributed by atoms with Gasteiger partial charge in [0.15, 0.2) is 4.87 Å². The van der Waals surface area contributed by atoms with Crippen molar-refractivity contribution in [3.05, 3.63) is 99.5 Å². The quantitative estimate of drug-likeness (QED) is 0.568. The molecule has 0 fully saturated rings. The Morgan fingerprint density at radius 3 is 2.43 bits per heavy atom. The molecule has 0 bridgehead atoms. The molecule has 28 heavy (non-hydrogen) atoms. The molecule has 1 unspecified atom stereocenters. The highest BCUT2D eigenvalue weighted by atomic mass is 35.5. The Kier molecular flexibility index (Phi) is 4.50. The SMILES string of the molecule is Clc1cccc(Cl)c1CN1CC2(NN=C(c3ccccc3)S2)c2ccccc21. The summed E-state index contributed by atoms with van der Waals surface area (Å²) in [5.74, 6) is 0. The van der Waals surface area contributed by atoms with Crippen LogP contribution in [0.3, 0.4) is 0 Å². The molecule has 0 radical (unpaired) electrons. The Hall–Kier alpha value is -2.14. The number of nitrogens with zero attached hydrogens (tertiary/aromatic N) is 2. The van der Waals surface area contributed by atoms with E-state index in [0.717, 1.165) is 22.7 Å². The molecular weight excluding hydrogens is 409 g/mol. The average molecular weight is 426 g/mol. The topological polar surface area (TPSA) is 27.6 Å². The van der Waals surface area contributed by atoms with E-state index in [1.807, 2.05) is 36.4 Å². The number of rotatable bonds is 3. The van der Waals surface area contributed by atoms with Crippen LogP contribution in [0.1, 0.15) is 16.7 Å². The number of thioether (sulfide) groups is 1. The van der Waals surface area contributed by atoms with Crippen molar-refractivity contribution in [2.24, 2.45) is 5.10 Å². The van der Waals surface area contributed by atoms with Crippen molar-refractivity contribution >= 4 is 45.7 Å². The molecular formula is C22H17Cl2N3S. The molecule has 2 heterocycles. The molecule has 1 N–H and O–H groups in total. The van der Waals surface area contributed by atoms with Crippen molar-refractivity contribution in [3.63, 3.8) is 0 Å². The van der Waals surface area contributed by atoms with Crippen LogP contribution in [0.5, 0.6) is 0 Å². The van der Waals surface area contributed by atoms with Crippen molar-refractivity contribution in [2.75, 3.05) is 11.4 Å². The van der Waals surface area contributed by atoms with E-state index in [9.17, 15) is 0 Å². The molecule has 0 amide bonds. The molecule has 3 aromatic rings. The Balaban J connectivity index is 1.48. The predicted octanol–water partition coefficient (Wildman–Crippen LogP) is 5.86. The summed E-state index contributed by atoms with van der Waals surface area (Å²) in [5, 5.41) is 7.06. The zero-order valence-corrected chi connectivity index (χ0v) is 17.2. The standard InChI is InChI=1S/C22H17Cl2N3S/c23-18-10-6-11-19(24)16(18)13-27-14-22(17-9-4-5-12-20(17)27)26-25-21(28-22)15-7-2-1-3-8-15/h1-12,26H,13-14H2. The first-order valence-corrected chi connectivity index (χ1v) is 10.6. The number of hydrogen-bond donors (Lipinski definition) is 1. The minimum atomic E-state index is -0.310. The third kappa shape index (κ3) is 2.96. The number of fused-ring (bicyclic) bond motifs is 2. The third-order valence-electron chi connectivity index (χ3n) is 5.13. The molecule has 0 aliphatic carbocycles. The number of benzene rings is 3. The van der Waals surface area contributed by atoms with Crippen molar-refractivity contribution in [1.29, 1.82) is 0 Å². The Morgan fingerprint density at radius 2 is 1.64 bits per heavy atom. The minimum absolute atomic E-state index is 0.310. The molecule has 1 spiro atoms. The maximum Gasteiger partial charge on any atom is 0.150 e. The first-order chi connectivity index (χ1) is 13.7. The van der Waals surface area contributed by atoms with E-state index in [1.165, 1.54) is 11.3 Å². The molecule has 0 saturated carbocycles. The number of hydrogen-bond acceptors (Lipinski definition) is 4. The van der Waals surface area contributed by atoms with Gasteiger partial charge in [-0.25, -0.2) is 0 Å². The van der Waals surface area contributed by atoms with Gasteiger partial charge in [-0.1, -0.05) is 89.6 Å². The Labute approximate surface area is 178 Å². The zero-order valence-electron chi connectivity index (χ0n) is 14.9. The van der Waals surface area contributed by atoms with Gasteiger partial charge >= 0.3 is 0 Å². The highest BCUT2D eigenvalue weighted by molar-refractivity contribution is 8.15. The van der Waals surface area contributed by atoms with Gasteiger partial charge in [0.1, 0.15) is 5.04 Å². The summed E-state index contributed by atoms with van der Waals surface area (Å²) in [4.78, 5) is 2.02. The lowest BCUT2D eigenvalue weighted by Gasteiger charge is -2.25. The largest absolute Gasteiger partial charge is 0.363 e. The molecule has 140 valence electrons. The fourth-order valence-corrected chi connectivity index (χ4v) is 5.57. The lowest BCUT2D eigenvalue weighted by molar-refractivity contribution is 0.534. The molecule has 5 rings (SSSR count). The molecule has 2 aliphatic heterocycles. The normalized spacial score (nSPS) is 20.2. The van der Waals surface area contributed by atoms with E-state index in [4.69, 9.17) is 23.2 Å². The van der Waals surface area contributed by atoms with E-state index in [0.29, 0.717) is 16.6 Å². The van der Waals surface area contributed by atoms with Gasteiger partial charge < -0.3 is 4.90 Å². The zero-order chi connectivity index (χ0) is 19.1. The minimum Gasteiger partial charge on any atom is -0.363 e. The van der Waals surface area contributed by atoms with Crippen LogP contribution in [0.15, 0.2) is 77.9 Å². The summed E-state index contributed by atoms with van der Waals surface area (Å²) >= 11 is 14.6. The van der Waals surface area contributed by atoms with Gasteiger partial charge in [-0.3, -0.25) is 5.43 Å². The third-order valence-corrected chi connectivity index (χ3v) is 7.15. The molecule has 3 aromatic carbocycles. The summed E-state index contributed by atoms with van der Waals surface area (Å²) in [6, 6.07) is 24.4. The van der Waals surface area contributed by atoms with Crippen molar-refractivity contribution < 1.29 is 0 Å². The summed E-state index contributed by atoms with van der Waals surface area (Å²) in [5.41, 5.74) is 7.92. The first kappa shape index (κ1) is 17.9. The van der Waals surface area contributed by atoms with Crippen LogP contribution in [0.2, 0.25) is 10.0 Å². The second-order valence-electron chi connectivity index (χ2n) is 6.90. The summed E-state index contributed by atoms with van der Waals surface area (Å²) in [7, 11) is 0. The van der Waals surface area contributed by atoms with Gasteiger partial charge in [0.05, 0.1) is 6.54 Å². The van der Waals surface area contributed by atoms with Gasteiger partial charge in [0, 0.05) is 39.0 Å². The highest BCUT2D eigenvalue weighted by Gasteiger charge is 2.47. The number of para-hydroxylation sites is 1. The molecule has 1 atom stereocenters. The number of hydrazone groups is 1. The molecule has 6 heteroatoms. The van der Waals surface area contributed by atoms with Crippen LogP contribution in [-0.2, 0) is 11.4 Å². The van der Waals surface area contributed by atoms with Crippen molar-refractivity contribution in [1.82, 2.24) is 5.43 Å². The van der Waals surface area contributed by atoms with E-state index >= 15 is 0 Å². The Bertz CT molecular complexity index is 1050. The molecule has 3 nitrogen and oxygen atoms in total. The fourth-order valence-electron chi connectivity index (χ4n) is 3.78. The first-order valence-electron chi connectivity index (χ1n) is 9.03. The maximum atomic E-state index is 6.43. The van der Waals surface area contributed by atoms with Gasteiger partial charge in [0.25, 0.3) is 0 Å². The van der Waals surface area contributed by atoms with Crippen LogP contribution in [-0.4, -0.2) is 11.6 Å². The van der Waals surface area contributed by atoms with Crippen molar-refractivity contribution in [2.45, 2.75) is 11.4 Å². The number of halogens is 2. The fraction of sp³-hybridized carbons (Fsp3) is 0.136. The van der Waals surface area contributed by atoms with E-state index < -0.39 is 0 Å². The van der Waals surface area contributed by atoms with E-state index in [2.05, 4.69) is 51.8 Å². The lowest BCUT2D eigenvalue weighted by Crippen LogP contribution is -2.38. The van der Waals surface area contributed by atoms with Crippen molar-refractivity contribution in [3.8, 4) is 0 Å². The van der Waals surface area contributed by atoms with Gasteiger partial charge in [-0.2, -0.15) is 5.10 Å². The monoisotopic (exact) mass is 425 g/mol. The van der Waals surface area contributed by atoms with Crippen LogP contribution < -0.4 is 10.3 Å². The van der Waals surface area contributed by atoms with Gasteiger partial charge in [-0.15, -0.1) is 0 Å². The van der Waals surface area contributed by atoms with Crippen LogP contribution in [0.25, 0.3) is 0 Å². The highest BCUT2D eigenvalue weighted by Crippen LogP contribution is 2.50. The van der Waals surface area contributed by atoms with Crippen LogP contribution in [0, 0.1) is 0 Å². The van der Waals surface area contributed by atoms with Crippen LogP contribution >= 0.6 is 35.0 Å². The second kappa shape index (κ2) is 7.03. The molecule has 2 aliphatic rings. The van der Waals surface area contributed by atoms with E-state index in [-0.39, 0.29) is 4.87 Å². The maximum absolute atomic E-state index is 6.43.